The standard InChI is InChI=1S/C7H15N7S2/c1-4(11-13-6(15)9-3)5(2)12-14-7(16)10-8/h8H2,1-3H3,(H2,9,13,15)(H2,10,14,16)/b11-4-,12-5+. The summed E-state index contributed by atoms with van der Waals surface area (Å²) in [7, 11) is 1.70. The van der Waals surface area contributed by atoms with Gasteiger partial charge in [-0.3, -0.25) is 16.3 Å². The minimum Gasteiger partial charge on any atom is -0.364 e. The summed E-state index contributed by atoms with van der Waals surface area (Å²) in [5, 5.41) is 11.3. The van der Waals surface area contributed by atoms with E-state index in [9.17, 15) is 0 Å². The lowest BCUT2D eigenvalue weighted by Crippen LogP contribution is -2.37. The number of thiocarbonyl (C=S) groups is 2. The fourth-order valence-electron chi connectivity index (χ4n) is 0.519. The molecule has 0 radical (unpaired) electrons. The van der Waals surface area contributed by atoms with Crippen LogP contribution in [0.3, 0.4) is 0 Å². The zero-order chi connectivity index (χ0) is 12.6. The molecule has 0 aliphatic heterocycles. The van der Waals surface area contributed by atoms with Crippen LogP contribution in [0.2, 0.25) is 0 Å². The summed E-state index contributed by atoms with van der Waals surface area (Å²) in [5.74, 6) is 5.06. The molecular weight excluding hydrogens is 246 g/mol. The Balaban J connectivity index is 4.30. The van der Waals surface area contributed by atoms with E-state index < -0.39 is 0 Å². The Hall–Kier alpha value is -1.32. The van der Waals surface area contributed by atoms with Crippen LogP contribution in [0.25, 0.3) is 0 Å². The Morgan fingerprint density at radius 3 is 1.81 bits per heavy atom. The Kier molecular flexibility index (Phi) is 7.25. The second kappa shape index (κ2) is 7.91. The molecule has 0 aromatic heterocycles. The van der Waals surface area contributed by atoms with Crippen LogP contribution in [0.1, 0.15) is 13.8 Å². The van der Waals surface area contributed by atoms with E-state index in [1.54, 1.807) is 20.9 Å². The Bertz CT molecular complexity index is 291. The molecule has 16 heavy (non-hydrogen) atoms. The van der Waals surface area contributed by atoms with Crippen molar-refractivity contribution in [3.05, 3.63) is 0 Å². The third kappa shape index (κ3) is 6.22. The maximum absolute atomic E-state index is 5.06. The van der Waals surface area contributed by atoms with Crippen molar-refractivity contribution in [1.82, 2.24) is 21.6 Å². The monoisotopic (exact) mass is 261 g/mol. The van der Waals surface area contributed by atoms with Gasteiger partial charge >= 0.3 is 0 Å². The summed E-state index contributed by atoms with van der Waals surface area (Å²) in [5.41, 5.74) is 8.76. The van der Waals surface area contributed by atoms with E-state index in [0.29, 0.717) is 16.5 Å². The highest BCUT2D eigenvalue weighted by Crippen LogP contribution is 1.82. The van der Waals surface area contributed by atoms with Crippen LogP contribution >= 0.6 is 24.4 Å². The number of hydrazone groups is 2. The topological polar surface area (TPSA) is 98.9 Å². The molecule has 90 valence electrons. The van der Waals surface area contributed by atoms with E-state index in [2.05, 4.69) is 31.8 Å². The number of hydrogen-bond acceptors (Lipinski definition) is 5. The average Bonchev–Trinajstić information content (AvgIpc) is 2.31. The Morgan fingerprint density at radius 2 is 1.44 bits per heavy atom. The quantitative estimate of drug-likeness (QED) is 0.196. The molecule has 0 aliphatic rings. The number of nitrogens with one attached hydrogen (secondary N) is 4. The van der Waals surface area contributed by atoms with Crippen molar-refractivity contribution in [2.24, 2.45) is 16.0 Å². The van der Waals surface area contributed by atoms with Gasteiger partial charge in [-0.2, -0.15) is 10.2 Å². The first-order valence-electron chi connectivity index (χ1n) is 4.34. The number of nitrogens with two attached hydrogens (primary N) is 1. The van der Waals surface area contributed by atoms with Crippen molar-refractivity contribution in [3.63, 3.8) is 0 Å². The van der Waals surface area contributed by atoms with E-state index >= 15 is 0 Å². The third-order valence-electron chi connectivity index (χ3n) is 1.53. The van der Waals surface area contributed by atoms with Crippen LogP contribution in [-0.4, -0.2) is 28.7 Å². The van der Waals surface area contributed by atoms with Crippen LogP contribution in [0.4, 0.5) is 0 Å². The molecule has 0 unspecified atom stereocenters. The predicted molar refractivity (Wildman–Crippen MR) is 74.1 cm³/mol. The molecule has 0 atom stereocenters. The van der Waals surface area contributed by atoms with Crippen LogP contribution in [-0.2, 0) is 0 Å². The first-order chi connectivity index (χ1) is 7.51. The van der Waals surface area contributed by atoms with Gasteiger partial charge in [0.25, 0.3) is 0 Å². The lowest BCUT2D eigenvalue weighted by atomic mass is 10.3. The molecule has 0 aromatic rings. The first kappa shape index (κ1) is 14.7. The molecule has 0 rings (SSSR count). The molecule has 0 aliphatic carbocycles. The lowest BCUT2D eigenvalue weighted by molar-refractivity contribution is 0.925. The van der Waals surface area contributed by atoms with Gasteiger partial charge in [-0.15, -0.1) is 0 Å². The number of nitrogens with zero attached hydrogens (tertiary/aromatic N) is 2. The van der Waals surface area contributed by atoms with E-state index in [-0.39, 0.29) is 5.11 Å². The molecule has 7 nitrogen and oxygen atoms in total. The normalized spacial score (nSPS) is 11.8. The second-order valence-electron chi connectivity index (χ2n) is 2.67. The van der Waals surface area contributed by atoms with Gasteiger partial charge < -0.3 is 5.32 Å². The molecule has 0 saturated heterocycles. The van der Waals surface area contributed by atoms with Gasteiger partial charge in [0, 0.05) is 7.05 Å². The van der Waals surface area contributed by atoms with Gasteiger partial charge in [0.05, 0.1) is 11.4 Å². The predicted octanol–water partition coefficient (Wildman–Crippen LogP) is -0.830. The van der Waals surface area contributed by atoms with E-state index in [4.69, 9.17) is 30.3 Å². The molecule has 9 heteroatoms. The van der Waals surface area contributed by atoms with Gasteiger partial charge in [0.1, 0.15) is 0 Å². The summed E-state index contributed by atoms with van der Waals surface area (Å²) in [6.45, 7) is 3.56. The highest BCUT2D eigenvalue weighted by molar-refractivity contribution is 7.80. The molecule has 0 saturated carbocycles. The van der Waals surface area contributed by atoms with Gasteiger partial charge in [-0.25, -0.2) is 5.84 Å². The maximum Gasteiger partial charge on any atom is 0.201 e. The van der Waals surface area contributed by atoms with E-state index in [0.717, 1.165) is 0 Å². The highest BCUT2D eigenvalue weighted by atomic mass is 32.1. The van der Waals surface area contributed by atoms with E-state index in [1.807, 2.05) is 0 Å². The molecule has 0 amide bonds. The number of rotatable bonds is 3. The molecule has 0 aromatic carbocycles. The Morgan fingerprint density at radius 1 is 1.00 bits per heavy atom. The van der Waals surface area contributed by atoms with Crippen molar-refractivity contribution in [3.8, 4) is 0 Å². The summed E-state index contributed by atoms with van der Waals surface area (Å²) in [6.07, 6.45) is 0. The fraction of sp³-hybridized carbons (Fsp3) is 0.429. The number of hydrogen-bond donors (Lipinski definition) is 5. The van der Waals surface area contributed by atoms with Crippen molar-refractivity contribution in [2.75, 3.05) is 7.05 Å². The van der Waals surface area contributed by atoms with Crippen LogP contribution < -0.4 is 27.4 Å². The molecule has 6 N–H and O–H groups in total. The van der Waals surface area contributed by atoms with Crippen molar-refractivity contribution < 1.29 is 0 Å². The summed E-state index contributed by atoms with van der Waals surface area (Å²) in [6, 6.07) is 0. The van der Waals surface area contributed by atoms with Crippen molar-refractivity contribution in [2.45, 2.75) is 13.8 Å². The SMILES string of the molecule is CNC(=S)N/N=C(C)\C(C)=N\NC(=S)NN. The van der Waals surface area contributed by atoms with Crippen LogP contribution in [0.5, 0.6) is 0 Å². The van der Waals surface area contributed by atoms with Crippen molar-refractivity contribution >= 4 is 46.1 Å². The van der Waals surface area contributed by atoms with Crippen LogP contribution in [0.15, 0.2) is 10.2 Å². The van der Waals surface area contributed by atoms with Gasteiger partial charge in [-0.1, -0.05) is 0 Å². The van der Waals surface area contributed by atoms with Gasteiger partial charge in [-0.05, 0) is 38.3 Å². The molecule has 0 heterocycles. The molecule has 0 fully saturated rings. The zero-order valence-corrected chi connectivity index (χ0v) is 10.9. The molecular formula is C7H15N7S2. The van der Waals surface area contributed by atoms with Gasteiger partial charge in [0.15, 0.2) is 5.11 Å². The van der Waals surface area contributed by atoms with E-state index in [1.165, 1.54) is 0 Å². The average molecular weight is 261 g/mol. The zero-order valence-electron chi connectivity index (χ0n) is 9.29. The third-order valence-corrected chi connectivity index (χ3v) is 2.04. The number of hydrazine groups is 1. The Labute approximate surface area is 105 Å². The fourth-order valence-corrected chi connectivity index (χ4v) is 0.611. The molecule has 0 spiro atoms. The summed E-state index contributed by atoms with van der Waals surface area (Å²) >= 11 is 9.60. The van der Waals surface area contributed by atoms with Crippen molar-refractivity contribution in [1.29, 1.82) is 0 Å². The summed E-state index contributed by atoms with van der Waals surface area (Å²) in [4.78, 5) is 0. The maximum atomic E-state index is 5.06. The minimum atomic E-state index is 0.228. The first-order valence-corrected chi connectivity index (χ1v) is 5.16. The second-order valence-corrected chi connectivity index (χ2v) is 3.49. The smallest absolute Gasteiger partial charge is 0.201 e. The largest absolute Gasteiger partial charge is 0.364 e. The molecule has 0 bridgehead atoms. The minimum absolute atomic E-state index is 0.228. The lowest BCUT2D eigenvalue weighted by Gasteiger charge is -2.05. The van der Waals surface area contributed by atoms with Crippen LogP contribution in [0, 0.1) is 0 Å². The van der Waals surface area contributed by atoms with Gasteiger partial charge in [0.2, 0.25) is 5.11 Å². The summed E-state index contributed by atoms with van der Waals surface area (Å²) < 4.78 is 0. The highest BCUT2D eigenvalue weighted by Gasteiger charge is 1.98.